The van der Waals surface area contributed by atoms with Crippen LogP contribution in [0.1, 0.15) is 57.5 Å². The number of anilines is 2. The molecule has 200 valence electrons. The second-order valence-electron chi connectivity index (χ2n) is 11.9. The molecule has 0 aliphatic carbocycles. The molecule has 7 heteroatoms. The van der Waals surface area contributed by atoms with E-state index < -0.39 is 0 Å². The molecule has 4 N–H and O–H groups in total. The van der Waals surface area contributed by atoms with Gasteiger partial charge in [-0.3, -0.25) is 4.79 Å². The zero-order chi connectivity index (χ0) is 27.4. The number of carbonyl (C=O) groups is 1. The summed E-state index contributed by atoms with van der Waals surface area (Å²) in [5.74, 6) is 1.24. The highest BCUT2D eigenvalue weighted by Crippen LogP contribution is 2.41. The van der Waals surface area contributed by atoms with Crippen LogP contribution in [0.3, 0.4) is 0 Å². The summed E-state index contributed by atoms with van der Waals surface area (Å²) in [6.45, 7) is 9.01. The highest BCUT2D eigenvalue weighted by atomic mass is 16.5. The van der Waals surface area contributed by atoms with E-state index in [4.69, 9.17) is 9.72 Å². The highest BCUT2D eigenvalue weighted by molar-refractivity contribution is 6.38. The molecule has 1 amide bonds. The molecular weight excluding hydrogens is 486 g/mol. The van der Waals surface area contributed by atoms with Crippen molar-refractivity contribution in [2.24, 2.45) is 0 Å². The Morgan fingerprint density at radius 1 is 0.974 bits per heavy atom. The Bertz CT molecular complexity index is 1580. The van der Waals surface area contributed by atoms with E-state index in [9.17, 15) is 4.79 Å². The maximum Gasteiger partial charge on any atom is 0.257 e. The fourth-order valence-corrected chi connectivity index (χ4v) is 6.40. The van der Waals surface area contributed by atoms with Gasteiger partial charge in [0.2, 0.25) is 0 Å². The van der Waals surface area contributed by atoms with Crippen LogP contribution in [0, 0.1) is 0 Å². The Morgan fingerprint density at radius 2 is 1.72 bits per heavy atom. The molecule has 0 radical (unpaired) electrons. The van der Waals surface area contributed by atoms with Crippen LogP contribution in [0.5, 0.6) is 5.75 Å². The molecule has 1 aromatic heterocycles. The molecule has 39 heavy (non-hydrogen) atoms. The zero-order valence-electron chi connectivity index (χ0n) is 23.1. The summed E-state index contributed by atoms with van der Waals surface area (Å²) in [6, 6.07) is 22.2. The summed E-state index contributed by atoms with van der Waals surface area (Å²) in [5.41, 5.74) is 6.69. The number of aromatic amines is 1. The van der Waals surface area contributed by atoms with Crippen molar-refractivity contribution >= 4 is 39.5 Å². The van der Waals surface area contributed by atoms with E-state index in [-0.39, 0.29) is 17.0 Å². The summed E-state index contributed by atoms with van der Waals surface area (Å²) < 4.78 is 5.40. The normalized spacial score (nSPS) is 19.5. The molecule has 7 nitrogen and oxygen atoms in total. The topological polar surface area (TPSA) is 91.1 Å². The fourth-order valence-electron chi connectivity index (χ4n) is 6.40. The maximum atomic E-state index is 13.5. The quantitative estimate of drug-likeness (QED) is 0.235. The van der Waals surface area contributed by atoms with Crippen LogP contribution in [0.25, 0.3) is 22.2 Å². The number of methoxy groups -OCH3 is 1. The zero-order valence-corrected chi connectivity index (χ0v) is 23.1. The van der Waals surface area contributed by atoms with Gasteiger partial charge in [0.25, 0.3) is 5.91 Å². The second-order valence-corrected chi connectivity index (χ2v) is 11.9. The SMILES string of the molecule is COc1ccc2[nH]c(/C(=C3\C(=O)Nc4ccc(NC5CC(C)(C)NC(C)(C)C5)cc43)c3ccccc3)nc2c1. The molecule has 3 heterocycles. The third kappa shape index (κ3) is 4.90. The first-order valence-corrected chi connectivity index (χ1v) is 13.5. The van der Waals surface area contributed by atoms with Crippen molar-refractivity contribution in [3.63, 3.8) is 0 Å². The third-order valence-electron chi connectivity index (χ3n) is 7.56. The number of benzene rings is 3. The first-order valence-electron chi connectivity index (χ1n) is 13.5. The summed E-state index contributed by atoms with van der Waals surface area (Å²) in [7, 11) is 1.64. The van der Waals surface area contributed by atoms with Gasteiger partial charge < -0.3 is 25.7 Å². The Balaban J connectivity index is 1.46. The van der Waals surface area contributed by atoms with Gasteiger partial charge in [-0.1, -0.05) is 30.3 Å². The van der Waals surface area contributed by atoms with Gasteiger partial charge in [-0.25, -0.2) is 4.98 Å². The lowest BCUT2D eigenvalue weighted by Gasteiger charge is -2.47. The lowest BCUT2D eigenvalue weighted by atomic mass is 9.79. The first-order chi connectivity index (χ1) is 18.6. The number of nitrogens with zero attached hydrogens (tertiary/aromatic N) is 1. The molecule has 0 atom stereocenters. The molecule has 2 aliphatic heterocycles. The van der Waals surface area contributed by atoms with E-state index in [1.165, 1.54) is 0 Å². The van der Waals surface area contributed by atoms with Crippen LogP contribution in [0.15, 0.2) is 66.7 Å². The molecule has 0 unspecified atom stereocenters. The molecule has 6 rings (SSSR count). The molecule has 1 saturated heterocycles. The minimum absolute atomic E-state index is 0.0309. The standard InChI is InChI=1S/C32H35N5O2/c1-31(2)17-21(18-32(3,4)37-31)33-20-11-13-24-23(15-20)28(30(38)36-24)27(19-9-7-6-8-10-19)29-34-25-14-12-22(39-5)16-26(25)35-29/h6-16,21,33,37H,17-18H2,1-5H3,(H,34,35)(H,36,38)/b28-27-. The van der Waals surface area contributed by atoms with Gasteiger partial charge >= 0.3 is 0 Å². The van der Waals surface area contributed by atoms with E-state index in [1.54, 1.807) is 7.11 Å². The van der Waals surface area contributed by atoms with Crippen molar-refractivity contribution in [1.82, 2.24) is 15.3 Å². The average molecular weight is 522 g/mol. The lowest BCUT2D eigenvalue weighted by Crippen LogP contribution is -2.60. The monoisotopic (exact) mass is 521 g/mol. The summed E-state index contributed by atoms with van der Waals surface area (Å²) >= 11 is 0. The van der Waals surface area contributed by atoms with Crippen LogP contribution in [0.2, 0.25) is 0 Å². The minimum atomic E-state index is -0.136. The number of carbonyl (C=O) groups excluding carboxylic acids is 1. The van der Waals surface area contributed by atoms with Crippen molar-refractivity contribution in [1.29, 1.82) is 0 Å². The number of imidazole rings is 1. The molecular formula is C32H35N5O2. The number of rotatable bonds is 5. The van der Waals surface area contributed by atoms with Crippen molar-refractivity contribution in [3.8, 4) is 5.75 Å². The number of ether oxygens (including phenoxy) is 1. The predicted octanol–water partition coefficient (Wildman–Crippen LogP) is 6.20. The molecule has 0 bridgehead atoms. The van der Waals surface area contributed by atoms with Crippen LogP contribution in [-0.4, -0.2) is 40.1 Å². The van der Waals surface area contributed by atoms with Gasteiger partial charge in [0.1, 0.15) is 11.6 Å². The number of nitrogens with one attached hydrogen (secondary N) is 4. The first kappa shape index (κ1) is 25.2. The highest BCUT2D eigenvalue weighted by Gasteiger charge is 2.38. The van der Waals surface area contributed by atoms with Crippen LogP contribution >= 0.6 is 0 Å². The predicted molar refractivity (Wildman–Crippen MR) is 158 cm³/mol. The molecule has 2 aliphatic rings. The van der Waals surface area contributed by atoms with Crippen LogP contribution < -0.4 is 20.7 Å². The van der Waals surface area contributed by atoms with Crippen molar-refractivity contribution in [3.05, 3.63) is 83.7 Å². The van der Waals surface area contributed by atoms with E-state index in [0.29, 0.717) is 17.4 Å². The van der Waals surface area contributed by atoms with E-state index in [1.807, 2.05) is 54.6 Å². The van der Waals surface area contributed by atoms with Crippen molar-refractivity contribution in [2.75, 3.05) is 17.7 Å². The van der Waals surface area contributed by atoms with Gasteiger partial charge in [-0.2, -0.15) is 0 Å². The smallest absolute Gasteiger partial charge is 0.257 e. The van der Waals surface area contributed by atoms with Crippen molar-refractivity contribution in [2.45, 2.75) is 57.7 Å². The average Bonchev–Trinajstić information content (AvgIpc) is 3.43. The largest absolute Gasteiger partial charge is 0.497 e. The number of hydrogen-bond acceptors (Lipinski definition) is 5. The maximum absolute atomic E-state index is 13.5. The van der Waals surface area contributed by atoms with Crippen molar-refractivity contribution < 1.29 is 9.53 Å². The van der Waals surface area contributed by atoms with Crippen LogP contribution in [-0.2, 0) is 4.79 Å². The fraction of sp³-hybridized carbons (Fsp3) is 0.312. The molecule has 4 aromatic rings. The number of hydrogen-bond donors (Lipinski definition) is 4. The van der Waals surface area contributed by atoms with Gasteiger partial charge in [0.05, 0.1) is 23.7 Å². The summed E-state index contributed by atoms with van der Waals surface area (Å²) in [4.78, 5) is 21.9. The minimum Gasteiger partial charge on any atom is -0.497 e. The lowest BCUT2D eigenvalue weighted by molar-refractivity contribution is -0.110. The summed E-state index contributed by atoms with van der Waals surface area (Å²) in [6.07, 6.45) is 2.01. The Labute approximate surface area is 229 Å². The van der Waals surface area contributed by atoms with Gasteiger partial charge in [-0.15, -0.1) is 0 Å². The van der Waals surface area contributed by atoms with Crippen LogP contribution in [0.4, 0.5) is 11.4 Å². The molecule has 0 spiro atoms. The van der Waals surface area contributed by atoms with Gasteiger partial charge in [-0.05, 0) is 76.4 Å². The Hall–Kier alpha value is -4.10. The van der Waals surface area contributed by atoms with E-state index in [0.717, 1.165) is 57.7 Å². The number of fused-ring (bicyclic) bond motifs is 2. The third-order valence-corrected chi connectivity index (χ3v) is 7.56. The number of H-pyrrole nitrogens is 1. The molecule has 1 fully saturated rings. The van der Waals surface area contributed by atoms with E-state index in [2.05, 4.69) is 60.8 Å². The van der Waals surface area contributed by atoms with Gasteiger partial charge in [0.15, 0.2) is 0 Å². The molecule has 3 aromatic carbocycles. The Morgan fingerprint density at radius 3 is 2.44 bits per heavy atom. The number of amides is 1. The number of piperidine rings is 1. The van der Waals surface area contributed by atoms with E-state index >= 15 is 0 Å². The summed E-state index contributed by atoms with van der Waals surface area (Å²) in [5, 5.41) is 10.6. The Kier molecular flexibility index (Phi) is 5.99. The molecule has 0 saturated carbocycles. The van der Waals surface area contributed by atoms with Gasteiger partial charge in [0, 0.05) is 45.7 Å². The second kappa shape index (κ2) is 9.27. The number of aromatic nitrogens is 2.